The lowest BCUT2D eigenvalue weighted by Crippen LogP contribution is -2.48. The molecule has 0 aliphatic carbocycles. The number of amides is 2. The van der Waals surface area contributed by atoms with E-state index in [9.17, 15) is 22.8 Å². The molecule has 9 heteroatoms. The monoisotopic (exact) mass is 392 g/mol. The van der Waals surface area contributed by atoms with Crippen molar-refractivity contribution >= 4 is 23.2 Å². The number of hydrogen-bond acceptors (Lipinski definition) is 4. The third kappa shape index (κ3) is 4.41. The molecular weight excluding hydrogens is 373 g/mol. The number of aromatic nitrogens is 1. The summed E-state index contributed by atoms with van der Waals surface area (Å²) in [4.78, 5) is 31.4. The predicted octanol–water partition coefficient (Wildman–Crippen LogP) is 3.02. The van der Waals surface area contributed by atoms with Crippen molar-refractivity contribution in [1.29, 1.82) is 0 Å². The Hall–Kier alpha value is -3.10. The van der Waals surface area contributed by atoms with Gasteiger partial charge in [0.1, 0.15) is 5.69 Å². The van der Waals surface area contributed by atoms with Crippen LogP contribution >= 0.6 is 0 Å². The summed E-state index contributed by atoms with van der Waals surface area (Å²) >= 11 is 0. The maximum Gasteiger partial charge on any atom is 0.416 e. The number of hydrogen-bond donors (Lipinski definition) is 1. The number of rotatable bonds is 3. The van der Waals surface area contributed by atoms with Gasteiger partial charge in [-0.2, -0.15) is 13.2 Å². The van der Waals surface area contributed by atoms with Gasteiger partial charge < -0.3 is 15.1 Å². The molecule has 0 radical (unpaired) electrons. The van der Waals surface area contributed by atoms with Crippen molar-refractivity contribution in [2.24, 2.45) is 0 Å². The van der Waals surface area contributed by atoms with Gasteiger partial charge in [0, 0.05) is 39.3 Å². The van der Waals surface area contributed by atoms with Crippen molar-refractivity contribution in [1.82, 2.24) is 9.88 Å². The molecule has 3 rings (SSSR count). The molecule has 1 aromatic heterocycles. The molecule has 2 aromatic rings. The lowest BCUT2D eigenvalue weighted by Gasteiger charge is -2.36. The van der Waals surface area contributed by atoms with E-state index < -0.39 is 17.6 Å². The van der Waals surface area contributed by atoms with Crippen LogP contribution in [-0.4, -0.2) is 47.9 Å². The highest BCUT2D eigenvalue weighted by atomic mass is 19.4. The number of nitrogens with one attached hydrogen (secondary N) is 1. The highest BCUT2D eigenvalue weighted by Gasteiger charge is 2.31. The molecule has 0 atom stereocenters. The van der Waals surface area contributed by atoms with Gasteiger partial charge in [0.25, 0.3) is 5.91 Å². The summed E-state index contributed by atoms with van der Waals surface area (Å²) in [6, 6.07) is 8.58. The van der Waals surface area contributed by atoms with Gasteiger partial charge in [0.2, 0.25) is 5.91 Å². The number of benzene rings is 1. The van der Waals surface area contributed by atoms with E-state index in [4.69, 9.17) is 0 Å². The lowest BCUT2D eigenvalue weighted by molar-refractivity contribution is -0.137. The van der Waals surface area contributed by atoms with Crippen LogP contribution in [0.15, 0.2) is 42.6 Å². The molecule has 1 aromatic carbocycles. The largest absolute Gasteiger partial charge is 0.416 e. The predicted molar refractivity (Wildman–Crippen MR) is 98.1 cm³/mol. The van der Waals surface area contributed by atoms with Crippen LogP contribution in [0.3, 0.4) is 0 Å². The Morgan fingerprint density at radius 1 is 1.07 bits per heavy atom. The minimum atomic E-state index is -4.55. The normalized spacial score (nSPS) is 14.7. The van der Waals surface area contributed by atoms with E-state index in [1.807, 2.05) is 17.0 Å². The number of carbonyl (C=O) groups excluding carboxylic acids is 2. The highest BCUT2D eigenvalue weighted by Crippen LogP contribution is 2.30. The number of alkyl halides is 3. The maximum atomic E-state index is 12.9. The van der Waals surface area contributed by atoms with E-state index in [2.05, 4.69) is 10.3 Å². The Morgan fingerprint density at radius 3 is 2.39 bits per heavy atom. The Labute approximate surface area is 160 Å². The Kier molecular flexibility index (Phi) is 5.53. The van der Waals surface area contributed by atoms with Crippen molar-refractivity contribution in [3.63, 3.8) is 0 Å². The van der Waals surface area contributed by atoms with Crippen molar-refractivity contribution in [3.05, 3.63) is 53.9 Å². The first kappa shape index (κ1) is 19.7. The minimum Gasteiger partial charge on any atom is -0.366 e. The van der Waals surface area contributed by atoms with Crippen LogP contribution < -0.4 is 10.2 Å². The summed E-state index contributed by atoms with van der Waals surface area (Å²) in [7, 11) is 0. The summed E-state index contributed by atoms with van der Waals surface area (Å²) in [5.74, 6) is -0.710. The number of piperazine rings is 1. The number of anilines is 2. The Morgan fingerprint density at radius 2 is 1.75 bits per heavy atom. The van der Waals surface area contributed by atoms with Crippen molar-refractivity contribution in [2.75, 3.05) is 36.4 Å². The first-order valence-corrected chi connectivity index (χ1v) is 8.70. The fraction of sp³-hybridized carbons (Fsp3) is 0.316. The molecule has 148 valence electrons. The molecule has 1 N–H and O–H groups in total. The molecule has 2 amide bonds. The van der Waals surface area contributed by atoms with E-state index in [0.717, 1.165) is 24.0 Å². The van der Waals surface area contributed by atoms with Gasteiger partial charge in [0.15, 0.2) is 0 Å². The average molecular weight is 392 g/mol. The smallest absolute Gasteiger partial charge is 0.366 e. The van der Waals surface area contributed by atoms with Gasteiger partial charge in [-0.15, -0.1) is 0 Å². The van der Waals surface area contributed by atoms with E-state index in [1.54, 1.807) is 17.0 Å². The molecule has 6 nitrogen and oxygen atoms in total. The standard InChI is InChI=1S/C19H19F3N4O2/c1-13(27)25-8-10-26(11-9-25)17-5-3-2-4-15(17)24-18(28)16-12-14(6-7-23-16)19(20,21)22/h2-7,12H,8-11H2,1H3,(H,24,28). The van der Waals surface area contributed by atoms with E-state index in [-0.39, 0.29) is 11.6 Å². The molecular formula is C19H19F3N4O2. The zero-order valence-corrected chi connectivity index (χ0v) is 15.2. The molecule has 0 unspecified atom stereocenters. The first-order chi connectivity index (χ1) is 13.3. The molecule has 1 aliphatic heterocycles. The molecule has 2 heterocycles. The quantitative estimate of drug-likeness (QED) is 0.872. The van der Waals surface area contributed by atoms with Gasteiger partial charge in [-0.05, 0) is 24.3 Å². The van der Waals surface area contributed by atoms with Crippen LogP contribution in [-0.2, 0) is 11.0 Å². The van der Waals surface area contributed by atoms with Crippen LogP contribution in [0.4, 0.5) is 24.5 Å². The zero-order valence-electron chi connectivity index (χ0n) is 15.2. The Balaban J connectivity index is 1.77. The van der Waals surface area contributed by atoms with Crippen molar-refractivity contribution in [2.45, 2.75) is 13.1 Å². The minimum absolute atomic E-state index is 0.0110. The molecule has 28 heavy (non-hydrogen) atoms. The number of nitrogens with zero attached hydrogens (tertiary/aromatic N) is 3. The van der Waals surface area contributed by atoms with Crippen molar-refractivity contribution in [3.8, 4) is 0 Å². The van der Waals surface area contributed by atoms with Gasteiger partial charge in [0.05, 0.1) is 16.9 Å². The number of pyridine rings is 1. The second-order valence-corrected chi connectivity index (χ2v) is 6.39. The second kappa shape index (κ2) is 7.87. The summed E-state index contributed by atoms with van der Waals surface area (Å²) < 4.78 is 38.6. The van der Waals surface area contributed by atoms with Crippen LogP contribution in [0.5, 0.6) is 0 Å². The third-order valence-electron chi connectivity index (χ3n) is 4.54. The SMILES string of the molecule is CC(=O)N1CCN(c2ccccc2NC(=O)c2cc(C(F)(F)F)ccn2)CC1. The fourth-order valence-electron chi connectivity index (χ4n) is 3.03. The molecule has 1 saturated heterocycles. The second-order valence-electron chi connectivity index (χ2n) is 6.39. The van der Waals surface area contributed by atoms with E-state index in [1.165, 1.54) is 6.92 Å². The summed E-state index contributed by atoms with van der Waals surface area (Å²) in [6.07, 6.45) is -3.59. The van der Waals surface area contributed by atoms with Crippen LogP contribution in [0.1, 0.15) is 23.0 Å². The lowest BCUT2D eigenvalue weighted by atomic mass is 10.2. The molecule has 0 bridgehead atoms. The molecule has 0 spiro atoms. The summed E-state index contributed by atoms with van der Waals surface area (Å²) in [5.41, 5.74) is -0.0265. The Bertz CT molecular complexity index is 877. The summed E-state index contributed by atoms with van der Waals surface area (Å²) in [6.45, 7) is 3.83. The highest BCUT2D eigenvalue weighted by molar-refractivity contribution is 6.04. The van der Waals surface area contributed by atoms with E-state index >= 15 is 0 Å². The number of para-hydroxylation sites is 2. The fourth-order valence-corrected chi connectivity index (χ4v) is 3.03. The van der Waals surface area contributed by atoms with Gasteiger partial charge in [-0.1, -0.05) is 12.1 Å². The zero-order chi connectivity index (χ0) is 20.3. The van der Waals surface area contributed by atoms with E-state index in [0.29, 0.717) is 31.9 Å². The van der Waals surface area contributed by atoms with Crippen LogP contribution in [0, 0.1) is 0 Å². The van der Waals surface area contributed by atoms with Crippen molar-refractivity contribution < 1.29 is 22.8 Å². The molecule has 1 fully saturated rings. The first-order valence-electron chi connectivity index (χ1n) is 8.70. The van der Waals surface area contributed by atoms with Crippen LogP contribution in [0.2, 0.25) is 0 Å². The van der Waals surface area contributed by atoms with Gasteiger partial charge >= 0.3 is 6.18 Å². The third-order valence-corrected chi connectivity index (χ3v) is 4.54. The average Bonchev–Trinajstić information content (AvgIpc) is 2.68. The molecule has 1 aliphatic rings. The number of halogens is 3. The van der Waals surface area contributed by atoms with Crippen LogP contribution in [0.25, 0.3) is 0 Å². The molecule has 0 saturated carbocycles. The topological polar surface area (TPSA) is 65.5 Å². The van der Waals surface area contributed by atoms with Gasteiger partial charge in [-0.3, -0.25) is 14.6 Å². The van der Waals surface area contributed by atoms with Gasteiger partial charge in [-0.25, -0.2) is 0 Å². The number of carbonyl (C=O) groups is 2. The maximum absolute atomic E-state index is 12.9. The summed E-state index contributed by atoms with van der Waals surface area (Å²) in [5, 5.41) is 2.65.